The van der Waals surface area contributed by atoms with Crippen LogP contribution in [0.2, 0.25) is 0 Å². The molecular weight excluding hydrogens is 282 g/mol. The predicted molar refractivity (Wildman–Crippen MR) is 71.4 cm³/mol. The fraction of sp³-hybridized carbons (Fsp3) is 0.538. The van der Waals surface area contributed by atoms with E-state index < -0.39 is 0 Å². The van der Waals surface area contributed by atoms with Crippen LogP contribution < -0.4 is 0 Å². The Labute approximate surface area is 110 Å². The van der Waals surface area contributed by atoms with E-state index in [1.807, 2.05) is 12.1 Å². The second-order valence-electron chi connectivity index (χ2n) is 5.44. The molecule has 0 heterocycles. The molecule has 1 fully saturated rings. The van der Waals surface area contributed by atoms with E-state index >= 15 is 0 Å². The van der Waals surface area contributed by atoms with Gasteiger partial charge in [-0.3, -0.25) is 10.1 Å². The van der Waals surface area contributed by atoms with Gasteiger partial charge in [-0.05, 0) is 29.7 Å². The third-order valence-electron chi connectivity index (χ3n) is 3.60. The van der Waals surface area contributed by atoms with Gasteiger partial charge in [-0.2, -0.15) is 0 Å². The maximum absolute atomic E-state index is 10.5. The second kappa shape index (κ2) is 4.41. The number of nitro benzene ring substituents is 1. The standard InChI is InChI=1S/C13H16BrNO2/c1-13(2)8-11(13)12(14)7-9-3-5-10(6-4-9)15(16)17/h3-6,11-12H,7-8H2,1-2H3. The van der Waals surface area contributed by atoms with Crippen molar-refractivity contribution in [2.24, 2.45) is 11.3 Å². The summed E-state index contributed by atoms with van der Waals surface area (Å²) in [4.78, 5) is 10.6. The Bertz CT molecular complexity index is 428. The van der Waals surface area contributed by atoms with Gasteiger partial charge in [-0.1, -0.05) is 41.9 Å². The van der Waals surface area contributed by atoms with Gasteiger partial charge in [0.05, 0.1) is 4.92 Å². The van der Waals surface area contributed by atoms with Gasteiger partial charge in [0, 0.05) is 17.0 Å². The zero-order valence-electron chi connectivity index (χ0n) is 10.0. The first-order valence-corrected chi connectivity index (χ1v) is 6.69. The molecule has 1 aliphatic rings. The number of hydrogen-bond acceptors (Lipinski definition) is 2. The molecule has 1 aliphatic carbocycles. The zero-order valence-corrected chi connectivity index (χ0v) is 11.6. The number of nitrogens with zero attached hydrogens (tertiary/aromatic N) is 1. The molecule has 2 rings (SSSR count). The average molecular weight is 298 g/mol. The quantitative estimate of drug-likeness (QED) is 0.480. The van der Waals surface area contributed by atoms with Crippen molar-refractivity contribution in [3.05, 3.63) is 39.9 Å². The lowest BCUT2D eigenvalue weighted by molar-refractivity contribution is -0.384. The highest BCUT2D eigenvalue weighted by atomic mass is 79.9. The Morgan fingerprint density at radius 1 is 1.47 bits per heavy atom. The zero-order chi connectivity index (χ0) is 12.6. The Kier molecular flexibility index (Phi) is 3.25. The number of hydrogen-bond donors (Lipinski definition) is 0. The predicted octanol–water partition coefficient (Wildman–Crippen LogP) is 3.95. The number of benzene rings is 1. The third kappa shape index (κ3) is 2.86. The summed E-state index contributed by atoms with van der Waals surface area (Å²) in [6, 6.07) is 6.85. The number of halogens is 1. The van der Waals surface area contributed by atoms with Crippen LogP contribution in [0.1, 0.15) is 25.8 Å². The van der Waals surface area contributed by atoms with Crippen molar-refractivity contribution in [2.45, 2.75) is 31.5 Å². The highest BCUT2D eigenvalue weighted by molar-refractivity contribution is 9.09. The van der Waals surface area contributed by atoms with E-state index in [0.29, 0.717) is 10.2 Å². The fourth-order valence-corrected chi connectivity index (χ4v) is 3.52. The normalized spacial score (nSPS) is 23.1. The van der Waals surface area contributed by atoms with Crippen LogP contribution >= 0.6 is 15.9 Å². The molecule has 0 spiro atoms. The summed E-state index contributed by atoms with van der Waals surface area (Å²) < 4.78 is 0. The van der Waals surface area contributed by atoms with Crippen LogP contribution in [0.3, 0.4) is 0 Å². The largest absolute Gasteiger partial charge is 0.269 e. The van der Waals surface area contributed by atoms with Crippen molar-refractivity contribution in [3.8, 4) is 0 Å². The van der Waals surface area contributed by atoms with Gasteiger partial charge in [0.25, 0.3) is 5.69 Å². The van der Waals surface area contributed by atoms with E-state index in [9.17, 15) is 10.1 Å². The molecule has 2 unspecified atom stereocenters. The molecule has 2 atom stereocenters. The monoisotopic (exact) mass is 297 g/mol. The molecule has 92 valence electrons. The number of alkyl halides is 1. The summed E-state index contributed by atoms with van der Waals surface area (Å²) in [6.07, 6.45) is 2.20. The van der Waals surface area contributed by atoms with Gasteiger partial charge in [-0.25, -0.2) is 0 Å². The SMILES string of the molecule is CC1(C)CC1C(Br)Cc1ccc([N+](=O)[O-])cc1. The van der Waals surface area contributed by atoms with Crippen LogP contribution in [0.15, 0.2) is 24.3 Å². The Balaban J connectivity index is 1.97. The van der Waals surface area contributed by atoms with E-state index in [1.165, 1.54) is 6.42 Å². The lowest BCUT2D eigenvalue weighted by Gasteiger charge is -2.11. The van der Waals surface area contributed by atoms with Crippen LogP contribution in [0.4, 0.5) is 5.69 Å². The van der Waals surface area contributed by atoms with Gasteiger partial charge in [0.1, 0.15) is 0 Å². The first-order valence-electron chi connectivity index (χ1n) is 5.77. The summed E-state index contributed by atoms with van der Waals surface area (Å²) in [5.74, 6) is 0.720. The number of non-ortho nitro benzene ring substituents is 1. The summed E-state index contributed by atoms with van der Waals surface area (Å²) in [5, 5.41) is 10.5. The molecule has 3 nitrogen and oxygen atoms in total. The fourth-order valence-electron chi connectivity index (χ4n) is 2.25. The highest BCUT2D eigenvalue weighted by Gasteiger charge is 2.49. The minimum Gasteiger partial charge on any atom is -0.258 e. The Hall–Kier alpha value is -0.900. The van der Waals surface area contributed by atoms with Gasteiger partial charge in [0.15, 0.2) is 0 Å². The maximum atomic E-state index is 10.5. The maximum Gasteiger partial charge on any atom is 0.269 e. The molecule has 17 heavy (non-hydrogen) atoms. The molecule has 0 bridgehead atoms. The van der Waals surface area contributed by atoms with E-state index in [0.717, 1.165) is 17.9 Å². The average Bonchev–Trinajstić information content (AvgIpc) is 2.89. The molecule has 0 radical (unpaired) electrons. The molecule has 1 aromatic carbocycles. The van der Waals surface area contributed by atoms with Crippen molar-refractivity contribution < 1.29 is 4.92 Å². The molecule has 1 saturated carbocycles. The highest BCUT2D eigenvalue weighted by Crippen LogP contribution is 2.55. The van der Waals surface area contributed by atoms with Crippen LogP contribution in [-0.2, 0) is 6.42 Å². The van der Waals surface area contributed by atoms with Crippen molar-refractivity contribution in [1.82, 2.24) is 0 Å². The molecule has 4 heteroatoms. The first kappa shape index (κ1) is 12.6. The topological polar surface area (TPSA) is 43.1 Å². The molecule has 0 aliphatic heterocycles. The van der Waals surface area contributed by atoms with Gasteiger partial charge < -0.3 is 0 Å². The molecule has 0 N–H and O–H groups in total. The van der Waals surface area contributed by atoms with Crippen molar-refractivity contribution in [3.63, 3.8) is 0 Å². The van der Waals surface area contributed by atoms with E-state index in [1.54, 1.807) is 12.1 Å². The smallest absolute Gasteiger partial charge is 0.258 e. The summed E-state index contributed by atoms with van der Waals surface area (Å²) in [6.45, 7) is 4.56. The van der Waals surface area contributed by atoms with Gasteiger partial charge in [0.2, 0.25) is 0 Å². The molecule has 0 saturated heterocycles. The van der Waals surface area contributed by atoms with E-state index in [4.69, 9.17) is 0 Å². The van der Waals surface area contributed by atoms with Crippen LogP contribution in [-0.4, -0.2) is 9.75 Å². The van der Waals surface area contributed by atoms with Gasteiger partial charge in [-0.15, -0.1) is 0 Å². The second-order valence-corrected chi connectivity index (χ2v) is 6.62. The van der Waals surface area contributed by atoms with Gasteiger partial charge >= 0.3 is 0 Å². The molecule has 1 aromatic rings. The van der Waals surface area contributed by atoms with Crippen molar-refractivity contribution >= 4 is 21.6 Å². The Morgan fingerprint density at radius 2 is 2.00 bits per heavy atom. The molecule has 0 amide bonds. The number of rotatable bonds is 4. The van der Waals surface area contributed by atoms with Crippen molar-refractivity contribution in [1.29, 1.82) is 0 Å². The van der Waals surface area contributed by atoms with Crippen LogP contribution in [0.25, 0.3) is 0 Å². The van der Waals surface area contributed by atoms with Crippen LogP contribution in [0, 0.1) is 21.4 Å². The summed E-state index contributed by atoms with van der Waals surface area (Å²) in [7, 11) is 0. The summed E-state index contributed by atoms with van der Waals surface area (Å²) >= 11 is 3.73. The van der Waals surface area contributed by atoms with E-state index in [-0.39, 0.29) is 10.6 Å². The molecular formula is C13H16BrNO2. The first-order chi connectivity index (χ1) is 7.90. The third-order valence-corrected chi connectivity index (χ3v) is 4.57. The molecule has 0 aromatic heterocycles. The minimum atomic E-state index is -0.362. The lowest BCUT2D eigenvalue weighted by Crippen LogP contribution is -2.09. The summed E-state index contributed by atoms with van der Waals surface area (Å²) in [5.41, 5.74) is 1.77. The lowest BCUT2D eigenvalue weighted by atomic mass is 10.0. The van der Waals surface area contributed by atoms with Crippen LogP contribution in [0.5, 0.6) is 0 Å². The van der Waals surface area contributed by atoms with Crippen molar-refractivity contribution in [2.75, 3.05) is 0 Å². The number of nitro groups is 1. The van der Waals surface area contributed by atoms with E-state index in [2.05, 4.69) is 29.8 Å². The minimum absolute atomic E-state index is 0.159. The Morgan fingerprint density at radius 3 is 2.41 bits per heavy atom.